The number of nitrogens with one attached hydrogen (secondary N) is 1. The number of anilines is 1. The molecule has 2 aromatic rings. The van der Waals surface area contributed by atoms with Crippen molar-refractivity contribution in [3.63, 3.8) is 0 Å². The van der Waals surface area contributed by atoms with Gasteiger partial charge in [-0.15, -0.1) is 23.1 Å². The zero-order chi connectivity index (χ0) is 32.5. The number of β-lactam (4-membered cyclic amide) rings is 1. The molecule has 0 bridgehead atoms. The number of benzene rings is 1. The van der Waals surface area contributed by atoms with E-state index < -0.39 is 73.4 Å². The van der Waals surface area contributed by atoms with Crippen molar-refractivity contribution in [1.82, 2.24) is 15.2 Å². The number of nitrogens with zero attached hydrogens (tertiary/aromatic N) is 5. The zero-order valence-corrected chi connectivity index (χ0v) is 24.2. The number of aliphatic carboxylic acids is 2. The van der Waals surface area contributed by atoms with Crippen LogP contribution in [-0.4, -0.2) is 82.2 Å². The lowest BCUT2D eigenvalue weighted by atomic mass is 10.0. The number of carbonyl (C=O) groups is 4. The number of oxime groups is 1. The molecule has 44 heavy (non-hydrogen) atoms. The van der Waals surface area contributed by atoms with Gasteiger partial charge in [-0.1, -0.05) is 11.2 Å². The third-order valence-electron chi connectivity index (χ3n) is 6.23. The van der Waals surface area contributed by atoms with Gasteiger partial charge in [-0.3, -0.25) is 34.7 Å². The Morgan fingerprint density at radius 2 is 1.93 bits per heavy atom. The second-order valence-corrected chi connectivity index (χ2v) is 11.5. The van der Waals surface area contributed by atoms with Gasteiger partial charge >= 0.3 is 11.9 Å². The van der Waals surface area contributed by atoms with Crippen LogP contribution in [0, 0.1) is 20.2 Å². The fraction of sp³-hybridized carbons (Fsp3) is 0.250. The van der Waals surface area contributed by atoms with Gasteiger partial charge in [0.2, 0.25) is 5.60 Å². The van der Waals surface area contributed by atoms with Crippen LogP contribution in [0.1, 0.15) is 25.1 Å². The topological polar surface area (TPSA) is 271 Å². The highest BCUT2D eigenvalue weighted by Crippen LogP contribution is 2.41. The summed E-state index contributed by atoms with van der Waals surface area (Å²) in [6.45, 7) is 2.39. The Morgan fingerprint density at radius 3 is 2.50 bits per heavy atom. The van der Waals surface area contributed by atoms with E-state index in [2.05, 4.69) is 15.5 Å². The van der Waals surface area contributed by atoms with Crippen LogP contribution in [0.3, 0.4) is 0 Å². The summed E-state index contributed by atoms with van der Waals surface area (Å²) in [4.78, 5) is 80.7. The molecule has 1 saturated heterocycles. The average molecular weight is 648 g/mol. The highest BCUT2D eigenvalue weighted by atomic mass is 32.2. The van der Waals surface area contributed by atoms with E-state index in [0.717, 1.165) is 46.2 Å². The number of nitrogen functional groups attached to an aromatic ring is 1. The van der Waals surface area contributed by atoms with Gasteiger partial charge in [0.05, 0.1) is 21.5 Å². The summed E-state index contributed by atoms with van der Waals surface area (Å²) in [7, 11) is 0. The number of aromatic nitrogens is 1. The molecule has 18 nitrogen and oxygen atoms in total. The maximum atomic E-state index is 13.2. The average Bonchev–Trinajstić information content (AvgIpc) is 3.39. The number of nitrogens with two attached hydrogens (primary N) is 1. The van der Waals surface area contributed by atoms with Gasteiger partial charge in [-0.05, 0) is 31.6 Å². The maximum absolute atomic E-state index is 13.2. The Kier molecular flexibility index (Phi) is 8.67. The lowest BCUT2D eigenvalue weighted by Crippen LogP contribution is -2.71. The van der Waals surface area contributed by atoms with Crippen LogP contribution in [0.5, 0.6) is 0 Å². The minimum absolute atomic E-state index is 0.0131. The van der Waals surface area contributed by atoms with E-state index in [1.165, 1.54) is 31.4 Å². The van der Waals surface area contributed by atoms with Crippen molar-refractivity contribution in [2.75, 3.05) is 11.5 Å². The van der Waals surface area contributed by atoms with Gasteiger partial charge in [-0.25, -0.2) is 14.6 Å². The number of rotatable bonds is 11. The van der Waals surface area contributed by atoms with E-state index in [9.17, 15) is 49.6 Å². The highest BCUT2D eigenvalue weighted by molar-refractivity contribution is 8.00. The molecule has 2 atom stereocenters. The molecule has 1 fully saturated rings. The predicted octanol–water partition coefficient (Wildman–Crippen LogP) is 1.58. The second kappa shape index (κ2) is 12.1. The number of fused-ring (bicyclic) bond motifs is 1. The summed E-state index contributed by atoms with van der Waals surface area (Å²) in [6, 6.07) is 1.76. The summed E-state index contributed by atoms with van der Waals surface area (Å²) in [5.41, 5.74) is 1.89. The van der Waals surface area contributed by atoms with E-state index in [4.69, 9.17) is 10.6 Å². The molecule has 0 aliphatic carbocycles. The summed E-state index contributed by atoms with van der Waals surface area (Å²) in [5, 5.41) is 48.4. The number of hydrogen-bond donors (Lipinski definition) is 4. The third-order valence-corrected chi connectivity index (χ3v) is 8.21. The summed E-state index contributed by atoms with van der Waals surface area (Å²) in [5.74, 6) is -4.59. The molecule has 1 aromatic carbocycles. The van der Waals surface area contributed by atoms with E-state index in [-0.39, 0.29) is 27.7 Å². The molecular weight excluding hydrogens is 626 g/mol. The van der Waals surface area contributed by atoms with Crippen molar-refractivity contribution in [3.8, 4) is 0 Å². The Hall–Kier alpha value is -5.37. The number of hydrogen-bond acceptors (Lipinski definition) is 14. The van der Waals surface area contributed by atoms with Crippen molar-refractivity contribution in [3.05, 3.63) is 72.4 Å². The molecule has 20 heteroatoms. The Balaban J connectivity index is 1.58. The quantitative estimate of drug-likeness (QED) is 0.117. The van der Waals surface area contributed by atoms with E-state index >= 15 is 0 Å². The molecule has 230 valence electrons. The van der Waals surface area contributed by atoms with Crippen molar-refractivity contribution in [2.45, 2.75) is 30.9 Å². The zero-order valence-electron chi connectivity index (χ0n) is 22.5. The first-order chi connectivity index (χ1) is 20.6. The fourth-order valence-corrected chi connectivity index (χ4v) is 5.78. The van der Waals surface area contributed by atoms with Crippen molar-refractivity contribution < 1.29 is 44.1 Å². The molecule has 0 saturated carbocycles. The number of thioether (sulfide) groups is 1. The molecule has 2 amide bonds. The minimum atomic E-state index is -1.82. The number of carboxylic acid groups (broad SMARTS) is 2. The van der Waals surface area contributed by atoms with Crippen molar-refractivity contribution in [1.29, 1.82) is 0 Å². The van der Waals surface area contributed by atoms with Gasteiger partial charge in [0.25, 0.3) is 23.2 Å². The van der Waals surface area contributed by atoms with Crippen LogP contribution in [0.15, 0.2) is 46.1 Å². The first kappa shape index (κ1) is 31.6. The molecule has 4 rings (SSSR count). The number of carbonyl (C=O) groups excluding carboxylic acids is 2. The van der Waals surface area contributed by atoms with Crippen LogP contribution in [0.25, 0.3) is 6.08 Å². The molecular formula is C24H21N7O11S2. The number of nitro benzene ring substituents is 2. The summed E-state index contributed by atoms with van der Waals surface area (Å²) in [6.07, 6.45) is 2.48. The summed E-state index contributed by atoms with van der Waals surface area (Å²) >= 11 is 2.06. The largest absolute Gasteiger partial charge is 0.478 e. The van der Waals surface area contributed by atoms with E-state index in [1.54, 1.807) is 0 Å². The molecule has 2 aliphatic heterocycles. The van der Waals surface area contributed by atoms with Gasteiger partial charge in [0, 0.05) is 17.2 Å². The standard InChI is InChI=1S/C24H21N7O11S2/c1-24(2,22(36)37)42-28-15(13-9-44-23(25)26-13)18(32)27-16-19(33)29-17(21(34)35)11(8-43-20(16)29)4-3-10-5-6-12(30(38)39)7-14(10)31(40)41/h3-7,9,16,20H,8H2,1-2H3,(H2,25,26)(H,27,32)(H,34,35)(H,36,37)/b4-3-,28-15-. The lowest BCUT2D eigenvalue weighted by molar-refractivity contribution is -0.394. The van der Waals surface area contributed by atoms with E-state index in [0.29, 0.717) is 0 Å². The molecule has 1 aromatic heterocycles. The number of nitro groups is 2. The van der Waals surface area contributed by atoms with Crippen LogP contribution in [0.4, 0.5) is 16.5 Å². The van der Waals surface area contributed by atoms with Crippen molar-refractivity contribution >= 4 is 75.1 Å². The fourth-order valence-electron chi connectivity index (χ4n) is 3.92. The predicted molar refractivity (Wildman–Crippen MR) is 154 cm³/mol. The van der Waals surface area contributed by atoms with Crippen LogP contribution >= 0.6 is 23.1 Å². The van der Waals surface area contributed by atoms with Gasteiger partial charge in [0.1, 0.15) is 22.8 Å². The van der Waals surface area contributed by atoms with Gasteiger partial charge < -0.3 is 26.1 Å². The normalized spacial score (nSPS) is 18.5. The second-order valence-electron chi connectivity index (χ2n) is 9.55. The summed E-state index contributed by atoms with van der Waals surface area (Å²) < 4.78 is 0. The van der Waals surface area contributed by atoms with Crippen LogP contribution < -0.4 is 11.1 Å². The van der Waals surface area contributed by atoms with Crippen molar-refractivity contribution in [2.24, 2.45) is 5.16 Å². The molecule has 0 radical (unpaired) electrons. The molecule has 0 spiro atoms. The molecule has 2 unspecified atom stereocenters. The number of non-ortho nitro benzene ring substituents is 1. The third kappa shape index (κ3) is 6.20. The van der Waals surface area contributed by atoms with Gasteiger partial charge in [0.15, 0.2) is 10.8 Å². The van der Waals surface area contributed by atoms with E-state index in [1.807, 2.05) is 0 Å². The maximum Gasteiger partial charge on any atom is 0.352 e. The number of allylic oxidation sites excluding steroid dienone is 1. The molecule has 5 N–H and O–H groups in total. The minimum Gasteiger partial charge on any atom is -0.478 e. The smallest absolute Gasteiger partial charge is 0.352 e. The lowest BCUT2D eigenvalue weighted by Gasteiger charge is -2.49. The van der Waals surface area contributed by atoms with Gasteiger partial charge in [-0.2, -0.15) is 0 Å². The SMILES string of the molecule is CC(C)(O/N=C(\C(=O)NC1C(=O)N2C(C(=O)O)=C(/C=C\c3ccc([N+](=O)[O-])cc3[N+](=O)[O-])CSC12)c1csc(N)n1)C(=O)O. The Bertz CT molecular complexity index is 1700. The van der Waals surface area contributed by atoms with Crippen LogP contribution in [-0.2, 0) is 24.0 Å². The molecule has 3 heterocycles. The number of carboxylic acids is 2. The first-order valence-corrected chi connectivity index (χ1v) is 14.1. The number of thiazole rings is 1. The monoisotopic (exact) mass is 647 g/mol. The van der Waals surface area contributed by atoms with Crippen LogP contribution in [0.2, 0.25) is 0 Å². The number of amides is 2. The highest BCUT2D eigenvalue weighted by Gasteiger charge is 2.54. The first-order valence-electron chi connectivity index (χ1n) is 12.2. The molecule has 2 aliphatic rings. The Labute approximate surface area is 254 Å². The Morgan fingerprint density at radius 1 is 1.23 bits per heavy atom.